The van der Waals surface area contributed by atoms with Gasteiger partial charge in [0.05, 0.1) is 23.5 Å². The van der Waals surface area contributed by atoms with E-state index in [9.17, 15) is 15.3 Å². The fourth-order valence-corrected chi connectivity index (χ4v) is 3.70. The quantitative estimate of drug-likeness (QED) is 0.310. The SMILES string of the molecule is C=CCN=c1scc(-c2ccc(Cl)cc2Cl)n1N=Cc1ccc(O)c(O)c1O. The van der Waals surface area contributed by atoms with E-state index in [1.54, 1.807) is 29.0 Å². The molecule has 1 heterocycles. The zero-order valence-corrected chi connectivity index (χ0v) is 16.7. The number of benzene rings is 2. The molecule has 144 valence electrons. The van der Waals surface area contributed by atoms with Gasteiger partial charge in [-0.25, -0.2) is 4.68 Å². The summed E-state index contributed by atoms with van der Waals surface area (Å²) in [5.41, 5.74) is 1.60. The van der Waals surface area contributed by atoms with Gasteiger partial charge in [0.15, 0.2) is 11.5 Å². The Morgan fingerprint density at radius 3 is 2.61 bits per heavy atom. The lowest BCUT2D eigenvalue weighted by Crippen LogP contribution is -2.12. The van der Waals surface area contributed by atoms with Crippen molar-refractivity contribution >= 4 is 40.8 Å². The maximum atomic E-state index is 10.00. The Hall–Kier alpha value is -2.74. The second-order valence-corrected chi connectivity index (χ2v) is 7.26. The summed E-state index contributed by atoms with van der Waals surface area (Å²) in [6, 6.07) is 7.82. The van der Waals surface area contributed by atoms with Crippen molar-refractivity contribution in [2.45, 2.75) is 0 Å². The highest BCUT2D eigenvalue weighted by atomic mass is 35.5. The molecular weight excluding hydrogens is 421 g/mol. The number of nitrogens with zero attached hydrogens (tertiary/aromatic N) is 3. The fourth-order valence-electron chi connectivity index (χ4n) is 2.35. The van der Waals surface area contributed by atoms with Crippen LogP contribution in [-0.4, -0.2) is 32.8 Å². The van der Waals surface area contributed by atoms with Gasteiger partial charge in [-0.3, -0.25) is 4.99 Å². The van der Waals surface area contributed by atoms with Gasteiger partial charge in [0.2, 0.25) is 10.6 Å². The lowest BCUT2D eigenvalue weighted by Gasteiger charge is -2.07. The molecule has 0 fully saturated rings. The van der Waals surface area contributed by atoms with Gasteiger partial charge in [-0.1, -0.05) is 29.3 Å². The molecule has 3 aromatic rings. The Labute approximate surface area is 174 Å². The lowest BCUT2D eigenvalue weighted by molar-refractivity contribution is 0.367. The van der Waals surface area contributed by atoms with Crippen LogP contribution in [0.4, 0.5) is 0 Å². The standard InChI is InChI=1S/C19H15Cl2N3O3S/c1-2-7-22-19-24(23-9-11-3-6-16(25)18(27)17(11)26)15(10-28-19)13-5-4-12(20)8-14(13)21/h2-6,8-10,25-27H,1,7H2. The van der Waals surface area contributed by atoms with Crippen LogP contribution in [-0.2, 0) is 0 Å². The fraction of sp³-hybridized carbons (Fsp3) is 0.0526. The monoisotopic (exact) mass is 435 g/mol. The van der Waals surface area contributed by atoms with Crippen LogP contribution in [0.2, 0.25) is 10.0 Å². The summed E-state index contributed by atoms with van der Waals surface area (Å²) in [7, 11) is 0. The summed E-state index contributed by atoms with van der Waals surface area (Å²) >= 11 is 13.7. The molecule has 0 atom stereocenters. The number of thiazole rings is 1. The van der Waals surface area contributed by atoms with Crippen molar-refractivity contribution in [3.63, 3.8) is 0 Å². The van der Waals surface area contributed by atoms with Crippen molar-refractivity contribution < 1.29 is 15.3 Å². The smallest absolute Gasteiger partial charge is 0.206 e. The number of hydrogen-bond donors (Lipinski definition) is 3. The average Bonchev–Trinajstić information content (AvgIpc) is 3.06. The molecule has 2 aromatic carbocycles. The third kappa shape index (κ3) is 4.06. The van der Waals surface area contributed by atoms with E-state index in [-0.39, 0.29) is 5.56 Å². The Bertz CT molecular complexity index is 1140. The lowest BCUT2D eigenvalue weighted by atomic mass is 10.2. The van der Waals surface area contributed by atoms with Crippen LogP contribution >= 0.6 is 34.5 Å². The minimum absolute atomic E-state index is 0.219. The normalized spacial score (nSPS) is 12.0. The summed E-state index contributed by atoms with van der Waals surface area (Å²) in [6.45, 7) is 4.06. The molecule has 28 heavy (non-hydrogen) atoms. The topological polar surface area (TPSA) is 90.3 Å². The van der Waals surface area contributed by atoms with Gasteiger partial charge < -0.3 is 15.3 Å². The van der Waals surface area contributed by atoms with E-state index >= 15 is 0 Å². The van der Waals surface area contributed by atoms with Gasteiger partial charge >= 0.3 is 0 Å². The summed E-state index contributed by atoms with van der Waals surface area (Å²) in [5.74, 6) is -1.51. The van der Waals surface area contributed by atoms with E-state index in [1.165, 1.54) is 29.7 Å². The van der Waals surface area contributed by atoms with Crippen LogP contribution in [0.15, 0.2) is 58.5 Å². The first kappa shape index (κ1) is 20.0. The molecule has 0 saturated heterocycles. The molecule has 0 aliphatic rings. The number of rotatable bonds is 5. The van der Waals surface area contributed by atoms with Crippen LogP contribution in [0.25, 0.3) is 11.3 Å². The third-order valence-electron chi connectivity index (χ3n) is 3.72. The molecule has 0 aliphatic carbocycles. The molecule has 3 N–H and O–H groups in total. The average molecular weight is 436 g/mol. The van der Waals surface area contributed by atoms with E-state index in [1.807, 2.05) is 5.38 Å². The Morgan fingerprint density at radius 1 is 1.11 bits per heavy atom. The van der Waals surface area contributed by atoms with Crippen LogP contribution < -0.4 is 4.80 Å². The number of phenols is 3. The predicted molar refractivity (Wildman–Crippen MR) is 113 cm³/mol. The van der Waals surface area contributed by atoms with Crippen molar-refractivity contribution in [1.82, 2.24) is 4.68 Å². The molecule has 6 nitrogen and oxygen atoms in total. The summed E-state index contributed by atoms with van der Waals surface area (Å²) in [4.78, 5) is 5.00. The molecule has 1 aromatic heterocycles. The van der Waals surface area contributed by atoms with Crippen LogP contribution in [0, 0.1) is 0 Å². The maximum Gasteiger partial charge on any atom is 0.206 e. The first-order chi connectivity index (χ1) is 13.4. The highest BCUT2D eigenvalue weighted by Crippen LogP contribution is 2.36. The number of aromatic nitrogens is 1. The van der Waals surface area contributed by atoms with E-state index in [4.69, 9.17) is 23.2 Å². The van der Waals surface area contributed by atoms with Gasteiger partial charge in [-0.15, -0.1) is 17.9 Å². The van der Waals surface area contributed by atoms with Gasteiger partial charge in [-0.2, -0.15) is 5.10 Å². The van der Waals surface area contributed by atoms with Gasteiger partial charge in [0.25, 0.3) is 0 Å². The zero-order valence-electron chi connectivity index (χ0n) is 14.4. The van der Waals surface area contributed by atoms with Crippen LogP contribution in [0.5, 0.6) is 17.2 Å². The van der Waals surface area contributed by atoms with Crippen molar-refractivity contribution in [3.8, 4) is 28.5 Å². The first-order valence-corrected chi connectivity index (χ1v) is 9.61. The molecule has 0 saturated carbocycles. The summed E-state index contributed by atoms with van der Waals surface area (Å²) in [6.07, 6.45) is 3.01. The van der Waals surface area contributed by atoms with Gasteiger partial charge in [0.1, 0.15) is 0 Å². The van der Waals surface area contributed by atoms with Gasteiger partial charge in [0, 0.05) is 21.5 Å². The molecular formula is C19H15Cl2N3O3S. The minimum atomic E-state index is -0.614. The second kappa shape index (κ2) is 8.52. The Morgan fingerprint density at radius 2 is 1.89 bits per heavy atom. The number of phenolic OH excluding ortho intramolecular Hbond substituents is 3. The van der Waals surface area contributed by atoms with Crippen molar-refractivity contribution in [2.24, 2.45) is 10.1 Å². The molecule has 0 radical (unpaired) electrons. The molecule has 0 unspecified atom stereocenters. The Balaban J connectivity index is 2.14. The summed E-state index contributed by atoms with van der Waals surface area (Å²) in [5, 5.41) is 36.3. The highest BCUT2D eigenvalue weighted by Gasteiger charge is 2.13. The van der Waals surface area contributed by atoms with E-state index in [0.717, 1.165) is 0 Å². The predicted octanol–water partition coefficient (Wildman–Crippen LogP) is 4.61. The molecule has 0 bridgehead atoms. The first-order valence-electron chi connectivity index (χ1n) is 7.98. The molecule has 3 rings (SSSR count). The van der Waals surface area contributed by atoms with Crippen molar-refractivity contribution in [3.05, 3.63) is 68.8 Å². The molecule has 0 spiro atoms. The molecule has 0 amide bonds. The third-order valence-corrected chi connectivity index (χ3v) is 5.12. The molecule has 0 aliphatic heterocycles. The largest absolute Gasteiger partial charge is 0.504 e. The Kier molecular flexibility index (Phi) is 6.08. The van der Waals surface area contributed by atoms with E-state index in [2.05, 4.69) is 16.7 Å². The number of hydrogen-bond acceptors (Lipinski definition) is 6. The van der Waals surface area contributed by atoms with E-state index < -0.39 is 17.2 Å². The van der Waals surface area contributed by atoms with Crippen LogP contribution in [0.3, 0.4) is 0 Å². The van der Waals surface area contributed by atoms with Gasteiger partial charge in [-0.05, 0) is 30.3 Å². The highest BCUT2D eigenvalue weighted by molar-refractivity contribution is 7.07. The second-order valence-electron chi connectivity index (χ2n) is 5.58. The minimum Gasteiger partial charge on any atom is -0.504 e. The number of aromatic hydroxyl groups is 3. The van der Waals surface area contributed by atoms with E-state index in [0.29, 0.717) is 32.6 Å². The maximum absolute atomic E-state index is 10.00. The van der Waals surface area contributed by atoms with Crippen LogP contribution in [0.1, 0.15) is 5.56 Å². The zero-order chi connectivity index (χ0) is 20.3. The summed E-state index contributed by atoms with van der Waals surface area (Å²) < 4.78 is 1.56. The van der Waals surface area contributed by atoms with Crippen molar-refractivity contribution in [2.75, 3.05) is 6.54 Å². The molecule has 9 heteroatoms. The van der Waals surface area contributed by atoms with Crippen molar-refractivity contribution in [1.29, 1.82) is 0 Å². The number of halogens is 2.